The molecule has 0 bridgehead atoms. The van der Waals surface area contributed by atoms with Gasteiger partial charge in [-0.3, -0.25) is 4.79 Å². The lowest BCUT2D eigenvalue weighted by molar-refractivity contribution is -0.151. The number of hydrogen-bond donors (Lipinski definition) is 2. The molecule has 1 fully saturated rings. The van der Waals surface area contributed by atoms with Gasteiger partial charge in [-0.2, -0.15) is 0 Å². The zero-order valence-corrected chi connectivity index (χ0v) is 7.90. The summed E-state index contributed by atoms with van der Waals surface area (Å²) in [6.45, 7) is 0.361. The molecule has 1 saturated heterocycles. The van der Waals surface area contributed by atoms with Gasteiger partial charge < -0.3 is 14.9 Å². The number of ether oxygens (including phenoxy) is 1. The molecule has 4 heteroatoms. The van der Waals surface area contributed by atoms with Gasteiger partial charge in [-0.05, 0) is 18.4 Å². The summed E-state index contributed by atoms with van der Waals surface area (Å²) >= 11 is 0. The molecule has 0 aromatic heterocycles. The van der Waals surface area contributed by atoms with Crippen molar-refractivity contribution in [2.45, 2.75) is 25.4 Å². The first kappa shape index (κ1) is 9.68. The van der Waals surface area contributed by atoms with E-state index in [4.69, 9.17) is 9.84 Å². The summed E-state index contributed by atoms with van der Waals surface area (Å²) in [6.07, 6.45) is 2.63. The van der Waals surface area contributed by atoms with Crippen LogP contribution in [0.1, 0.15) is 19.3 Å². The third-order valence-electron chi connectivity index (χ3n) is 3.24. The van der Waals surface area contributed by atoms with E-state index in [-0.39, 0.29) is 12.6 Å². The molecule has 0 unspecified atom stereocenters. The smallest absolute Gasteiger partial charge is 0.315 e. The molecular weight excluding hydrogens is 184 g/mol. The van der Waals surface area contributed by atoms with Crippen LogP contribution in [0.3, 0.4) is 0 Å². The lowest BCUT2D eigenvalue weighted by atomic mass is 9.72. The highest BCUT2D eigenvalue weighted by Crippen LogP contribution is 2.43. The van der Waals surface area contributed by atoms with Gasteiger partial charge in [0.05, 0.1) is 19.3 Å². The molecule has 0 radical (unpaired) electrons. The maximum absolute atomic E-state index is 11.5. The van der Waals surface area contributed by atoms with E-state index in [0.29, 0.717) is 25.9 Å². The van der Waals surface area contributed by atoms with Crippen molar-refractivity contribution in [2.75, 3.05) is 13.2 Å². The summed E-state index contributed by atoms with van der Waals surface area (Å²) in [6, 6.07) is 0. The van der Waals surface area contributed by atoms with E-state index in [0.717, 1.165) is 5.57 Å². The number of esters is 1. The van der Waals surface area contributed by atoms with Gasteiger partial charge in [0, 0.05) is 6.42 Å². The van der Waals surface area contributed by atoms with Crippen LogP contribution in [0, 0.1) is 5.41 Å². The molecule has 1 aliphatic heterocycles. The minimum Gasteiger partial charge on any atom is -0.465 e. The fraction of sp³-hybridized carbons (Fsp3) is 0.700. The largest absolute Gasteiger partial charge is 0.465 e. The van der Waals surface area contributed by atoms with E-state index < -0.39 is 11.5 Å². The Kier molecular flexibility index (Phi) is 2.33. The Balaban J connectivity index is 2.24. The molecule has 2 N–H and O–H groups in total. The van der Waals surface area contributed by atoms with Gasteiger partial charge >= 0.3 is 5.97 Å². The number of cyclic esters (lactones) is 1. The zero-order chi connectivity index (χ0) is 10.2. The van der Waals surface area contributed by atoms with Crippen molar-refractivity contribution in [3.63, 3.8) is 0 Å². The van der Waals surface area contributed by atoms with Crippen LogP contribution in [-0.2, 0) is 9.53 Å². The Bertz CT molecular complexity index is 284. The number of hydrogen-bond acceptors (Lipinski definition) is 4. The van der Waals surface area contributed by atoms with Crippen molar-refractivity contribution in [3.8, 4) is 0 Å². The normalized spacial score (nSPS) is 37.1. The minimum absolute atomic E-state index is 0.0395. The SMILES string of the molecule is O=C1OCC[C@]12CCC(CO)=C[C@H]2O. The van der Waals surface area contributed by atoms with Crippen LogP contribution in [0.25, 0.3) is 0 Å². The van der Waals surface area contributed by atoms with E-state index >= 15 is 0 Å². The van der Waals surface area contributed by atoms with Crippen molar-refractivity contribution in [3.05, 3.63) is 11.6 Å². The highest BCUT2D eigenvalue weighted by atomic mass is 16.5. The first-order chi connectivity index (χ1) is 6.69. The van der Waals surface area contributed by atoms with Gasteiger partial charge in [0.1, 0.15) is 5.41 Å². The Morgan fingerprint density at radius 2 is 2.36 bits per heavy atom. The first-order valence-electron chi connectivity index (χ1n) is 4.85. The van der Waals surface area contributed by atoms with Crippen molar-refractivity contribution >= 4 is 5.97 Å². The minimum atomic E-state index is -0.798. The fourth-order valence-corrected chi connectivity index (χ4v) is 2.20. The Morgan fingerprint density at radius 1 is 1.57 bits per heavy atom. The Hall–Kier alpha value is -0.870. The fourth-order valence-electron chi connectivity index (χ4n) is 2.20. The predicted octanol–water partition coefficient (Wildman–Crippen LogP) is -0.00690. The quantitative estimate of drug-likeness (QED) is 0.459. The lowest BCUT2D eigenvalue weighted by Gasteiger charge is -2.32. The molecule has 0 amide bonds. The monoisotopic (exact) mass is 198 g/mol. The average Bonchev–Trinajstić information content (AvgIpc) is 2.54. The van der Waals surface area contributed by atoms with Crippen molar-refractivity contribution in [1.29, 1.82) is 0 Å². The standard InChI is InChI=1S/C10H14O4/c11-6-7-1-2-10(8(12)5-7)3-4-14-9(10)13/h5,8,11-12H,1-4,6H2/t8-,10+/m1/s1. The summed E-state index contributed by atoms with van der Waals surface area (Å²) in [5, 5.41) is 18.8. The van der Waals surface area contributed by atoms with Crippen molar-refractivity contribution < 1.29 is 19.7 Å². The van der Waals surface area contributed by atoms with Crippen LogP contribution >= 0.6 is 0 Å². The van der Waals surface area contributed by atoms with Crippen LogP contribution < -0.4 is 0 Å². The van der Waals surface area contributed by atoms with Crippen LogP contribution in [-0.4, -0.2) is 35.5 Å². The van der Waals surface area contributed by atoms with Crippen LogP contribution in [0.4, 0.5) is 0 Å². The van der Waals surface area contributed by atoms with Gasteiger partial charge in [-0.25, -0.2) is 0 Å². The van der Waals surface area contributed by atoms with E-state index in [2.05, 4.69) is 0 Å². The number of aliphatic hydroxyl groups is 2. The van der Waals surface area contributed by atoms with E-state index in [1.165, 1.54) is 0 Å². The lowest BCUT2D eigenvalue weighted by Crippen LogP contribution is -2.40. The van der Waals surface area contributed by atoms with Crippen LogP contribution in [0.2, 0.25) is 0 Å². The third-order valence-corrected chi connectivity index (χ3v) is 3.24. The molecule has 0 aromatic rings. The van der Waals surface area contributed by atoms with Crippen molar-refractivity contribution in [1.82, 2.24) is 0 Å². The highest BCUT2D eigenvalue weighted by molar-refractivity contribution is 5.80. The Labute approximate surface area is 82.2 Å². The number of rotatable bonds is 1. The summed E-state index contributed by atoms with van der Waals surface area (Å²) in [4.78, 5) is 11.5. The maximum atomic E-state index is 11.5. The second-order valence-electron chi connectivity index (χ2n) is 3.97. The highest BCUT2D eigenvalue weighted by Gasteiger charge is 2.50. The molecular formula is C10H14O4. The molecule has 0 aromatic carbocycles. The molecule has 2 atom stereocenters. The number of carbonyl (C=O) groups is 1. The molecule has 4 nitrogen and oxygen atoms in total. The van der Waals surface area contributed by atoms with Crippen molar-refractivity contribution in [2.24, 2.45) is 5.41 Å². The first-order valence-corrected chi connectivity index (χ1v) is 4.85. The van der Waals surface area contributed by atoms with Crippen LogP contribution in [0.15, 0.2) is 11.6 Å². The van der Waals surface area contributed by atoms with Gasteiger partial charge in [0.2, 0.25) is 0 Å². The second-order valence-corrected chi connectivity index (χ2v) is 3.97. The molecule has 1 heterocycles. The maximum Gasteiger partial charge on any atom is 0.315 e. The van der Waals surface area contributed by atoms with Gasteiger partial charge in [-0.15, -0.1) is 0 Å². The van der Waals surface area contributed by atoms with E-state index in [9.17, 15) is 9.90 Å². The zero-order valence-electron chi connectivity index (χ0n) is 7.90. The molecule has 0 saturated carbocycles. The topological polar surface area (TPSA) is 66.8 Å². The summed E-state index contributed by atoms with van der Waals surface area (Å²) in [7, 11) is 0. The number of carbonyl (C=O) groups excluding carboxylic acids is 1. The molecule has 2 rings (SSSR count). The Morgan fingerprint density at radius 3 is 2.86 bits per heavy atom. The van der Waals surface area contributed by atoms with Gasteiger partial charge in [-0.1, -0.05) is 6.08 Å². The van der Waals surface area contributed by atoms with E-state index in [1.807, 2.05) is 0 Å². The summed E-state index contributed by atoms with van der Waals surface area (Å²) in [5.74, 6) is -0.293. The molecule has 14 heavy (non-hydrogen) atoms. The molecule has 2 aliphatic rings. The van der Waals surface area contributed by atoms with E-state index in [1.54, 1.807) is 6.08 Å². The summed E-state index contributed by atoms with van der Waals surface area (Å²) < 4.78 is 4.89. The predicted molar refractivity (Wildman–Crippen MR) is 48.4 cm³/mol. The molecule has 78 valence electrons. The second kappa shape index (κ2) is 3.37. The number of aliphatic hydroxyl groups excluding tert-OH is 2. The van der Waals surface area contributed by atoms with Crippen LogP contribution in [0.5, 0.6) is 0 Å². The van der Waals surface area contributed by atoms with Gasteiger partial charge in [0.15, 0.2) is 0 Å². The molecule has 1 spiro atoms. The van der Waals surface area contributed by atoms with Gasteiger partial charge in [0.25, 0.3) is 0 Å². The third kappa shape index (κ3) is 1.26. The average molecular weight is 198 g/mol. The summed E-state index contributed by atoms with van der Waals surface area (Å²) in [5.41, 5.74) is 0.0846. The molecule has 1 aliphatic carbocycles.